The fourth-order valence-corrected chi connectivity index (χ4v) is 1.24. The SMILES string of the molecule is Cl.NC(=O)c1cc(Cl)ccc1OCCCO. The maximum atomic E-state index is 11.0. The van der Waals surface area contributed by atoms with Crippen LogP contribution in [0.3, 0.4) is 0 Å². The van der Waals surface area contributed by atoms with Crippen LogP contribution in [0.4, 0.5) is 0 Å². The largest absolute Gasteiger partial charge is 0.493 e. The van der Waals surface area contributed by atoms with Crippen molar-refractivity contribution in [3.8, 4) is 5.75 Å². The molecule has 0 aromatic heterocycles. The first kappa shape index (κ1) is 15.0. The first-order chi connectivity index (χ1) is 7.15. The summed E-state index contributed by atoms with van der Waals surface area (Å²) in [4.78, 5) is 11.0. The Labute approximate surface area is 105 Å². The van der Waals surface area contributed by atoms with Gasteiger partial charge in [0.05, 0.1) is 12.2 Å². The lowest BCUT2D eigenvalue weighted by molar-refractivity contribution is 0.0996. The minimum atomic E-state index is -0.587. The Bertz CT molecular complexity index is 358. The Morgan fingerprint density at radius 2 is 2.19 bits per heavy atom. The fraction of sp³-hybridized carbons (Fsp3) is 0.300. The number of halogens is 2. The summed E-state index contributed by atoms with van der Waals surface area (Å²) in [5.74, 6) is -0.197. The van der Waals surface area contributed by atoms with Crippen molar-refractivity contribution in [2.45, 2.75) is 6.42 Å². The van der Waals surface area contributed by atoms with E-state index in [2.05, 4.69) is 0 Å². The lowest BCUT2D eigenvalue weighted by atomic mass is 10.2. The lowest BCUT2D eigenvalue weighted by Crippen LogP contribution is -2.13. The molecule has 0 fully saturated rings. The zero-order chi connectivity index (χ0) is 11.3. The molecule has 1 rings (SSSR count). The normalized spacial score (nSPS) is 9.38. The van der Waals surface area contributed by atoms with Gasteiger partial charge in [-0.2, -0.15) is 0 Å². The summed E-state index contributed by atoms with van der Waals surface area (Å²) in [7, 11) is 0. The molecule has 4 nitrogen and oxygen atoms in total. The van der Waals surface area contributed by atoms with Gasteiger partial charge in [-0.05, 0) is 18.2 Å². The van der Waals surface area contributed by atoms with Crippen molar-refractivity contribution in [1.82, 2.24) is 0 Å². The molecule has 0 aliphatic heterocycles. The molecule has 0 spiro atoms. The Hall–Kier alpha value is -0.970. The summed E-state index contributed by atoms with van der Waals surface area (Å²) >= 11 is 5.72. The van der Waals surface area contributed by atoms with Crippen LogP contribution in [0.2, 0.25) is 5.02 Å². The molecule has 0 atom stereocenters. The fourth-order valence-electron chi connectivity index (χ4n) is 1.07. The summed E-state index contributed by atoms with van der Waals surface area (Å²) in [6, 6.07) is 4.65. The second kappa shape index (κ2) is 7.33. The molecule has 0 aliphatic carbocycles. The first-order valence-electron chi connectivity index (χ1n) is 4.48. The zero-order valence-electron chi connectivity index (χ0n) is 8.48. The Kier molecular flexibility index (Phi) is 6.88. The highest BCUT2D eigenvalue weighted by molar-refractivity contribution is 6.31. The summed E-state index contributed by atoms with van der Waals surface area (Å²) in [6.07, 6.45) is 0.501. The van der Waals surface area contributed by atoms with Crippen LogP contribution in [0.5, 0.6) is 5.75 Å². The monoisotopic (exact) mass is 265 g/mol. The van der Waals surface area contributed by atoms with Gasteiger partial charge in [-0.3, -0.25) is 4.79 Å². The molecule has 0 saturated heterocycles. The van der Waals surface area contributed by atoms with Crippen LogP contribution >= 0.6 is 24.0 Å². The number of carbonyl (C=O) groups excluding carboxylic acids is 1. The van der Waals surface area contributed by atoms with E-state index >= 15 is 0 Å². The van der Waals surface area contributed by atoms with Crippen molar-refractivity contribution >= 4 is 29.9 Å². The molecule has 0 saturated carbocycles. The van der Waals surface area contributed by atoms with E-state index in [1.807, 2.05) is 0 Å². The van der Waals surface area contributed by atoms with Crippen LogP contribution in [-0.2, 0) is 0 Å². The van der Waals surface area contributed by atoms with Gasteiger partial charge in [0.25, 0.3) is 5.91 Å². The molecule has 0 heterocycles. The maximum Gasteiger partial charge on any atom is 0.252 e. The molecule has 16 heavy (non-hydrogen) atoms. The van der Waals surface area contributed by atoms with E-state index in [9.17, 15) is 4.79 Å². The van der Waals surface area contributed by atoms with Gasteiger partial charge in [0.15, 0.2) is 0 Å². The summed E-state index contributed by atoms with van der Waals surface area (Å²) in [6.45, 7) is 0.373. The number of aliphatic hydroxyl groups excluding tert-OH is 1. The third kappa shape index (κ3) is 4.26. The van der Waals surface area contributed by atoms with Gasteiger partial charge in [0.1, 0.15) is 5.75 Å². The number of hydrogen-bond donors (Lipinski definition) is 2. The van der Waals surface area contributed by atoms with Gasteiger partial charge in [0.2, 0.25) is 0 Å². The average molecular weight is 266 g/mol. The summed E-state index contributed by atoms with van der Waals surface area (Å²) in [5, 5.41) is 9.00. The molecule has 0 radical (unpaired) electrons. The Morgan fingerprint density at radius 1 is 1.50 bits per heavy atom. The number of primary amides is 1. The predicted octanol–water partition coefficient (Wildman–Crippen LogP) is 1.62. The van der Waals surface area contributed by atoms with Crippen LogP contribution in [0, 0.1) is 0 Å². The smallest absolute Gasteiger partial charge is 0.252 e. The zero-order valence-corrected chi connectivity index (χ0v) is 10.1. The van der Waals surface area contributed by atoms with Crippen LogP contribution in [0.25, 0.3) is 0 Å². The van der Waals surface area contributed by atoms with Crippen LogP contribution in [0.1, 0.15) is 16.8 Å². The van der Waals surface area contributed by atoms with Gasteiger partial charge < -0.3 is 15.6 Å². The number of hydrogen-bond acceptors (Lipinski definition) is 3. The molecule has 0 bridgehead atoms. The van der Waals surface area contributed by atoms with Gasteiger partial charge in [-0.25, -0.2) is 0 Å². The average Bonchev–Trinajstić information content (AvgIpc) is 2.20. The molecule has 6 heteroatoms. The van der Waals surface area contributed by atoms with Crippen molar-refractivity contribution in [2.24, 2.45) is 5.73 Å². The molecular weight excluding hydrogens is 253 g/mol. The van der Waals surface area contributed by atoms with E-state index in [1.165, 1.54) is 6.07 Å². The predicted molar refractivity (Wildman–Crippen MR) is 64.4 cm³/mol. The lowest BCUT2D eigenvalue weighted by Gasteiger charge is -2.08. The van der Waals surface area contributed by atoms with Crippen LogP contribution < -0.4 is 10.5 Å². The van der Waals surface area contributed by atoms with E-state index in [0.29, 0.717) is 23.8 Å². The second-order valence-electron chi connectivity index (χ2n) is 2.93. The molecule has 0 unspecified atom stereocenters. The molecule has 3 N–H and O–H groups in total. The topological polar surface area (TPSA) is 72.6 Å². The maximum absolute atomic E-state index is 11.0. The minimum Gasteiger partial charge on any atom is -0.493 e. The van der Waals surface area contributed by atoms with E-state index < -0.39 is 5.91 Å². The number of amides is 1. The molecule has 90 valence electrons. The summed E-state index contributed by atoms with van der Waals surface area (Å²) < 4.78 is 5.27. The van der Waals surface area contributed by atoms with Crippen molar-refractivity contribution in [3.63, 3.8) is 0 Å². The number of nitrogens with two attached hydrogens (primary N) is 1. The third-order valence-electron chi connectivity index (χ3n) is 1.77. The Balaban J connectivity index is 0.00000225. The van der Waals surface area contributed by atoms with Gasteiger partial charge in [-0.15, -0.1) is 12.4 Å². The minimum absolute atomic E-state index is 0. The van der Waals surface area contributed by atoms with E-state index in [4.69, 9.17) is 27.2 Å². The standard InChI is InChI=1S/C10H12ClNO3.ClH/c11-7-2-3-9(15-5-1-4-13)8(6-7)10(12)14;/h2-3,6,13H,1,4-5H2,(H2,12,14);1H. The molecule has 1 aromatic rings. The van der Waals surface area contributed by atoms with E-state index in [0.717, 1.165) is 0 Å². The highest BCUT2D eigenvalue weighted by atomic mass is 35.5. The van der Waals surface area contributed by atoms with Crippen LogP contribution in [0.15, 0.2) is 18.2 Å². The van der Waals surface area contributed by atoms with Gasteiger partial charge in [0, 0.05) is 18.1 Å². The van der Waals surface area contributed by atoms with Crippen molar-refractivity contribution in [3.05, 3.63) is 28.8 Å². The quantitative estimate of drug-likeness (QED) is 0.795. The molecule has 1 amide bonds. The molecule has 1 aromatic carbocycles. The summed E-state index contributed by atoms with van der Waals surface area (Å²) in [5.41, 5.74) is 5.41. The highest BCUT2D eigenvalue weighted by Crippen LogP contribution is 2.22. The van der Waals surface area contributed by atoms with Crippen molar-refractivity contribution in [2.75, 3.05) is 13.2 Å². The van der Waals surface area contributed by atoms with Crippen molar-refractivity contribution in [1.29, 1.82) is 0 Å². The number of rotatable bonds is 5. The third-order valence-corrected chi connectivity index (χ3v) is 2.00. The number of ether oxygens (including phenoxy) is 1. The van der Waals surface area contributed by atoms with Crippen LogP contribution in [-0.4, -0.2) is 24.2 Å². The van der Waals surface area contributed by atoms with E-state index in [1.54, 1.807) is 12.1 Å². The first-order valence-corrected chi connectivity index (χ1v) is 4.86. The molecular formula is C10H13Cl2NO3. The number of aliphatic hydroxyl groups is 1. The van der Waals surface area contributed by atoms with Crippen molar-refractivity contribution < 1.29 is 14.6 Å². The van der Waals surface area contributed by atoms with E-state index in [-0.39, 0.29) is 24.6 Å². The number of carbonyl (C=O) groups is 1. The highest BCUT2D eigenvalue weighted by Gasteiger charge is 2.09. The van der Waals surface area contributed by atoms with Gasteiger partial charge in [-0.1, -0.05) is 11.6 Å². The Morgan fingerprint density at radius 3 is 2.75 bits per heavy atom. The van der Waals surface area contributed by atoms with Gasteiger partial charge >= 0.3 is 0 Å². The number of benzene rings is 1. The molecule has 0 aliphatic rings. The second-order valence-corrected chi connectivity index (χ2v) is 3.37.